The van der Waals surface area contributed by atoms with Gasteiger partial charge in [0.15, 0.2) is 0 Å². The maximum Gasteiger partial charge on any atom is 0.129 e. The van der Waals surface area contributed by atoms with E-state index in [1.165, 1.54) is 17.5 Å². The highest BCUT2D eigenvalue weighted by molar-refractivity contribution is 5.69. The summed E-state index contributed by atoms with van der Waals surface area (Å²) in [4.78, 5) is 11.6. The van der Waals surface area contributed by atoms with Gasteiger partial charge in [0.2, 0.25) is 0 Å². The number of piperazine rings is 1. The molecule has 2 fully saturated rings. The highest BCUT2D eigenvalue weighted by Gasteiger charge is 2.38. The molecule has 1 aromatic carbocycles. The number of nitrogens with one attached hydrogen (secondary N) is 2. The number of anilines is 2. The number of rotatable bonds is 5. The molecule has 2 saturated heterocycles. The zero-order valence-corrected chi connectivity index (χ0v) is 16.0. The van der Waals surface area contributed by atoms with Crippen molar-refractivity contribution in [1.29, 1.82) is 0 Å². The largest absolute Gasteiger partial charge is 0.364 e. The second kappa shape index (κ2) is 7.24. The maximum absolute atomic E-state index is 4.64. The van der Waals surface area contributed by atoms with Gasteiger partial charge in [-0.1, -0.05) is 30.3 Å². The molecule has 0 spiro atoms. The Balaban J connectivity index is 1.37. The van der Waals surface area contributed by atoms with Gasteiger partial charge in [0, 0.05) is 43.6 Å². The van der Waals surface area contributed by atoms with Crippen LogP contribution in [0.4, 0.5) is 11.6 Å². The van der Waals surface area contributed by atoms with Crippen LogP contribution >= 0.6 is 0 Å². The molecule has 3 atom stereocenters. The quantitative estimate of drug-likeness (QED) is 0.713. The van der Waals surface area contributed by atoms with E-state index >= 15 is 0 Å². The molecule has 5 nitrogen and oxygen atoms in total. The van der Waals surface area contributed by atoms with E-state index in [0.29, 0.717) is 12.1 Å². The summed E-state index contributed by atoms with van der Waals surface area (Å²) in [5.41, 5.74) is 3.58. The Hall–Kier alpha value is -2.92. The fourth-order valence-electron chi connectivity index (χ4n) is 4.33. The smallest absolute Gasteiger partial charge is 0.129 e. The van der Waals surface area contributed by atoms with Gasteiger partial charge in [-0.3, -0.25) is 0 Å². The van der Waals surface area contributed by atoms with Crippen molar-refractivity contribution in [1.82, 2.24) is 15.3 Å². The number of nitrogens with zero attached hydrogens (tertiary/aromatic N) is 3. The van der Waals surface area contributed by atoms with Gasteiger partial charge in [-0.15, -0.1) is 0 Å². The third-order valence-corrected chi connectivity index (χ3v) is 5.85. The Morgan fingerprint density at radius 1 is 1.04 bits per heavy atom. The van der Waals surface area contributed by atoms with Crippen LogP contribution in [0.5, 0.6) is 0 Å². The molecule has 0 radical (unpaired) electrons. The van der Waals surface area contributed by atoms with Gasteiger partial charge in [-0.05, 0) is 54.3 Å². The van der Waals surface area contributed by atoms with Crippen molar-refractivity contribution in [3.8, 4) is 11.1 Å². The molecule has 0 saturated carbocycles. The van der Waals surface area contributed by atoms with Gasteiger partial charge < -0.3 is 15.5 Å². The first kappa shape index (κ1) is 17.2. The van der Waals surface area contributed by atoms with Crippen LogP contribution in [0.1, 0.15) is 24.9 Å². The predicted octanol–water partition coefficient (Wildman–Crippen LogP) is 3.87. The summed E-state index contributed by atoms with van der Waals surface area (Å²) < 4.78 is 0. The summed E-state index contributed by atoms with van der Waals surface area (Å²) in [5, 5.41) is 7.07. The minimum absolute atomic E-state index is 0.199. The van der Waals surface area contributed by atoms with Gasteiger partial charge >= 0.3 is 0 Å². The Morgan fingerprint density at radius 3 is 2.57 bits per heavy atom. The molecule has 2 bridgehead atoms. The van der Waals surface area contributed by atoms with Gasteiger partial charge in [0.05, 0.1) is 0 Å². The van der Waals surface area contributed by atoms with Crippen molar-refractivity contribution in [2.75, 3.05) is 23.3 Å². The van der Waals surface area contributed by atoms with Crippen molar-refractivity contribution < 1.29 is 0 Å². The van der Waals surface area contributed by atoms with Crippen LogP contribution in [0.25, 0.3) is 11.1 Å². The number of hydrogen-bond donors (Lipinski definition) is 2. The highest BCUT2D eigenvalue weighted by Crippen LogP contribution is 2.31. The van der Waals surface area contributed by atoms with Crippen LogP contribution in [0, 0.1) is 0 Å². The minimum atomic E-state index is 0.199. The third-order valence-electron chi connectivity index (χ3n) is 5.85. The molecule has 2 N–H and O–H groups in total. The zero-order chi connectivity index (χ0) is 18.9. The molecule has 2 aliphatic rings. The average molecular weight is 371 g/mol. The lowest BCUT2D eigenvalue weighted by atomic mass is 10.1. The Morgan fingerprint density at radius 2 is 1.82 bits per heavy atom. The van der Waals surface area contributed by atoms with E-state index in [2.05, 4.69) is 81.0 Å². The summed E-state index contributed by atoms with van der Waals surface area (Å²) in [5.74, 6) is 1.96. The van der Waals surface area contributed by atoms with Crippen LogP contribution in [0.15, 0.2) is 67.0 Å². The monoisotopic (exact) mass is 371 g/mol. The lowest BCUT2D eigenvalue weighted by Gasteiger charge is -2.28. The number of fused-ring (bicyclic) bond motifs is 2. The van der Waals surface area contributed by atoms with E-state index in [1.54, 1.807) is 0 Å². The molecule has 142 valence electrons. The fourth-order valence-corrected chi connectivity index (χ4v) is 4.33. The topological polar surface area (TPSA) is 53.1 Å². The van der Waals surface area contributed by atoms with Crippen molar-refractivity contribution in [3.63, 3.8) is 0 Å². The molecule has 4 heterocycles. The summed E-state index contributed by atoms with van der Waals surface area (Å²) >= 11 is 0. The number of hydrogen-bond acceptors (Lipinski definition) is 5. The first-order valence-corrected chi connectivity index (χ1v) is 10.0. The first-order chi connectivity index (χ1) is 13.8. The molecule has 2 aliphatic heterocycles. The van der Waals surface area contributed by atoms with E-state index in [1.807, 2.05) is 18.5 Å². The summed E-state index contributed by atoms with van der Waals surface area (Å²) in [7, 11) is 0. The van der Waals surface area contributed by atoms with E-state index in [4.69, 9.17) is 0 Å². The molecule has 2 aromatic heterocycles. The second-order valence-electron chi connectivity index (χ2n) is 7.76. The van der Waals surface area contributed by atoms with E-state index in [9.17, 15) is 0 Å². The molecule has 2 unspecified atom stereocenters. The zero-order valence-electron chi connectivity index (χ0n) is 16.0. The van der Waals surface area contributed by atoms with E-state index in [-0.39, 0.29) is 6.04 Å². The van der Waals surface area contributed by atoms with Crippen molar-refractivity contribution >= 4 is 11.6 Å². The third kappa shape index (κ3) is 3.34. The van der Waals surface area contributed by atoms with Crippen LogP contribution in [0.2, 0.25) is 0 Å². The second-order valence-corrected chi connectivity index (χ2v) is 7.76. The molecule has 3 aromatic rings. The van der Waals surface area contributed by atoms with Gasteiger partial charge in [-0.2, -0.15) is 0 Å². The molecular weight excluding hydrogens is 346 g/mol. The Bertz CT molecular complexity index is 958. The Kier molecular flexibility index (Phi) is 4.45. The lowest BCUT2D eigenvalue weighted by Crippen LogP contribution is -2.43. The SMILES string of the molecule is C[C@H](Nc1cc(-c2ccnc(N3CC4CC3CN4)c2)ccn1)c1ccccc1. The number of aromatic nitrogens is 2. The van der Waals surface area contributed by atoms with Gasteiger partial charge in [-0.25, -0.2) is 9.97 Å². The molecular formula is C23H25N5. The van der Waals surface area contributed by atoms with Crippen molar-refractivity contribution in [2.24, 2.45) is 0 Å². The van der Waals surface area contributed by atoms with Crippen molar-refractivity contribution in [2.45, 2.75) is 31.5 Å². The average Bonchev–Trinajstić information content (AvgIpc) is 3.38. The van der Waals surface area contributed by atoms with Crippen LogP contribution in [0.3, 0.4) is 0 Å². The lowest BCUT2D eigenvalue weighted by molar-refractivity contribution is 0.576. The number of benzene rings is 1. The molecule has 0 aliphatic carbocycles. The molecule has 28 heavy (non-hydrogen) atoms. The maximum atomic E-state index is 4.64. The highest BCUT2D eigenvalue weighted by atomic mass is 15.3. The van der Waals surface area contributed by atoms with Crippen LogP contribution in [-0.4, -0.2) is 35.1 Å². The van der Waals surface area contributed by atoms with Crippen LogP contribution in [-0.2, 0) is 0 Å². The summed E-state index contributed by atoms with van der Waals surface area (Å²) in [6.45, 7) is 4.28. The van der Waals surface area contributed by atoms with Gasteiger partial charge in [0.25, 0.3) is 0 Å². The predicted molar refractivity (Wildman–Crippen MR) is 113 cm³/mol. The summed E-state index contributed by atoms with van der Waals surface area (Å²) in [6.07, 6.45) is 5.02. The van der Waals surface area contributed by atoms with E-state index in [0.717, 1.165) is 30.3 Å². The summed E-state index contributed by atoms with van der Waals surface area (Å²) in [6, 6.07) is 20.3. The van der Waals surface area contributed by atoms with E-state index < -0.39 is 0 Å². The standard InChI is InChI=1S/C23H25N5/c1-16(17-5-3-2-4-6-17)27-22-11-18(7-9-24-22)19-8-10-25-23(12-19)28-15-20-13-21(28)14-26-20/h2-12,16,20-21,26H,13-15H2,1H3,(H,24,27)/t16-,20?,21?/m0/s1. The normalized spacial score (nSPS) is 21.7. The first-order valence-electron chi connectivity index (χ1n) is 10.0. The Labute approximate surface area is 165 Å². The molecule has 0 amide bonds. The van der Waals surface area contributed by atoms with Gasteiger partial charge in [0.1, 0.15) is 11.6 Å². The molecule has 5 rings (SSSR count). The minimum Gasteiger partial charge on any atom is -0.364 e. The molecule has 5 heteroatoms. The van der Waals surface area contributed by atoms with Crippen molar-refractivity contribution in [3.05, 3.63) is 72.6 Å². The van der Waals surface area contributed by atoms with Crippen LogP contribution < -0.4 is 15.5 Å². The number of pyridine rings is 2. The fraction of sp³-hybridized carbons (Fsp3) is 0.304.